The number of nitrogens with one attached hydrogen (secondary N) is 1. The van der Waals surface area contributed by atoms with Gasteiger partial charge in [0.05, 0.1) is 5.84 Å². The molecule has 0 aromatic rings. The van der Waals surface area contributed by atoms with Gasteiger partial charge in [-0.25, -0.2) is 0 Å². The summed E-state index contributed by atoms with van der Waals surface area (Å²) in [5.74, 6) is 2.20. The Morgan fingerprint density at radius 1 is 1.36 bits per heavy atom. The van der Waals surface area contributed by atoms with Crippen molar-refractivity contribution in [2.75, 3.05) is 6.54 Å². The molecule has 0 aromatic carbocycles. The lowest BCUT2D eigenvalue weighted by Crippen LogP contribution is -2.38. The van der Waals surface area contributed by atoms with Crippen molar-refractivity contribution < 1.29 is 0 Å². The molecule has 0 amide bonds. The highest BCUT2D eigenvalue weighted by molar-refractivity contribution is 5.83. The van der Waals surface area contributed by atoms with Gasteiger partial charge >= 0.3 is 0 Å². The van der Waals surface area contributed by atoms with Crippen molar-refractivity contribution >= 4 is 5.84 Å². The van der Waals surface area contributed by atoms with Gasteiger partial charge < -0.3 is 5.32 Å². The summed E-state index contributed by atoms with van der Waals surface area (Å²) >= 11 is 0. The van der Waals surface area contributed by atoms with Crippen LogP contribution < -0.4 is 5.32 Å². The van der Waals surface area contributed by atoms with Gasteiger partial charge in [-0.2, -0.15) is 0 Å². The number of hydrogen-bond acceptors (Lipinski definition) is 2. The zero-order valence-corrected chi connectivity index (χ0v) is 9.26. The Hall–Kier alpha value is -0.530. The van der Waals surface area contributed by atoms with E-state index in [-0.39, 0.29) is 0 Å². The molecule has 1 aliphatic heterocycles. The van der Waals surface area contributed by atoms with Crippen LogP contribution in [0.5, 0.6) is 0 Å². The molecule has 0 spiro atoms. The van der Waals surface area contributed by atoms with Crippen LogP contribution in [0, 0.1) is 5.92 Å². The van der Waals surface area contributed by atoms with E-state index < -0.39 is 0 Å². The lowest BCUT2D eigenvalue weighted by Gasteiger charge is -2.24. The first kappa shape index (κ1) is 10.0. The van der Waals surface area contributed by atoms with E-state index in [1.165, 1.54) is 50.8 Å². The fraction of sp³-hybridized carbons (Fsp3) is 0.917. The molecule has 0 bridgehead atoms. The van der Waals surface area contributed by atoms with Crippen LogP contribution in [-0.2, 0) is 0 Å². The molecule has 2 aliphatic rings. The standard InChI is InChI=1S/C12H22N2/c1-2-11(10-6-3-4-7-10)14-12-8-5-9-13-12/h10-11H,2-9H2,1H3,(H,13,14). The highest BCUT2D eigenvalue weighted by Gasteiger charge is 2.24. The van der Waals surface area contributed by atoms with Crippen LogP contribution in [0.25, 0.3) is 0 Å². The molecule has 1 saturated carbocycles. The Balaban J connectivity index is 1.85. The van der Waals surface area contributed by atoms with Crippen molar-refractivity contribution in [1.82, 2.24) is 5.32 Å². The van der Waals surface area contributed by atoms with Crippen molar-refractivity contribution in [3.8, 4) is 0 Å². The first-order valence-corrected chi connectivity index (χ1v) is 6.20. The zero-order valence-electron chi connectivity index (χ0n) is 9.26. The molecule has 80 valence electrons. The molecule has 1 atom stereocenters. The SMILES string of the molecule is CCC(NC1=NCCC1)C1CCCC1. The molecule has 0 radical (unpaired) electrons. The summed E-state index contributed by atoms with van der Waals surface area (Å²) in [6.07, 6.45) is 9.43. The highest BCUT2D eigenvalue weighted by atomic mass is 15.0. The smallest absolute Gasteiger partial charge is 0.0965 e. The van der Waals surface area contributed by atoms with E-state index in [1.807, 2.05) is 0 Å². The second kappa shape index (κ2) is 4.81. The number of nitrogens with zero attached hydrogens (tertiary/aromatic N) is 1. The van der Waals surface area contributed by atoms with Crippen molar-refractivity contribution in [2.45, 2.75) is 57.9 Å². The van der Waals surface area contributed by atoms with E-state index in [9.17, 15) is 0 Å². The van der Waals surface area contributed by atoms with Gasteiger partial charge in [-0.1, -0.05) is 19.8 Å². The molecule has 1 heterocycles. The fourth-order valence-corrected chi connectivity index (χ4v) is 2.78. The molecule has 2 nitrogen and oxygen atoms in total. The van der Waals surface area contributed by atoms with E-state index >= 15 is 0 Å². The largest absolute Gasteiger partial charge is 0.371 e. The van der Waals surface area contributed by atoms with Crippen LogP contribution in [0.4, 0.5) is 0 Å². The predicted molar refractivity (Wildman–Crippen MR) is 60.7 cm³/mol. The number of hydrogen-bond donors (Lipinski definition) is 1. The fourth-order valence-electron chi connectivity index (χ4n) is 2.78. The van der Waals surface area contributed by atoms with E-state index in [1.54, 1.807) is 0 Å². The number of rotatable bonds is 3. The van der Waals surface area contributed by atoms with E-state index in [0.717, 1.165) is 12.5 Å². The third-order valence-electron chi connectivity index (χ3n) is 3.64. The molecule has 14 heavy (non-hydrogen) atoms. The Bertz CT molecular complexity index is 204. The van der Waals surface area contributed by atoms with Gasteiger partial charge in [0.25, 0.3) is 0 Å². The molecular formula is C12H22N2. The average molecular weight is 194 g/mol. The van der Waals surface area contributed by atoms with Crippen molar-refractivity contribution in [3.63, 3.8) is 0 Å². The predicted octanol–water partition coefficient (Wildman–Crippen LogP) is 2.74. The molecule has 2 heteroatoms. The van der Waals surface area contributed by atoms with Crippen molar-refractivity contribution in [3.05, 3.63) is 0 Å². The summed E-state index contributed by atoms with van der Waals surface area (Å²) < 4.78 is 0. The number of aliphatic imine (C=N–C) groups is 1. The Labute approximate surface area is 87.2 Å². The first-order chi connectivity index (χ1) is 6.90. The molecular weight excluding hydrogens is 172 g/mol. The zero-order chi connectivity index (χ0) is 9.80. The second-order valence-corrected chi connectivity index (χ2v) is 4.64. The third kappa shape index (κ3) is 2.28. The minimum absolute atomic E-state index is 0.703. The maximum Gasteiger partial charge on any atom is 0.0965 e. The summed E-state index contributed by atoms with van der Waals surface area (Å²) in [5, 5.41) is 3.66. The summed E-state index contributed by atoms with van der Waals surface area (Å²) in [6.45, 7) is 3.34. The van der Waals surface area contributed by atoms with Crippen molar-refractivity contribution in [1.29, 1.82) is 0 Å². The Kier molecular flexibility index (Phi) is 3.44. The molecule has 1 fully saturated rings. The van der Waals surface area contributed by atoms with E-state index in [0.29, 0.717) is 6.04 Å². The van der Waals surface area contributed by atoms with Gasteiger partial charge in [0.1, 0.15) is 0 Å². The summed E-state index contributed by atoms with van der Waals surface area (Å²) in [6, 6.07) is 0.703. The quantitative estimate of drug-likeness (QED) is 0.734. The highest BCUT2D eigenvalue weighted by Crippen LogP contribution is 2.29. The van der Waals surface area contributed by atoms with Crippen LogP contribution in [0.1, 0.15) is 51.9 Å². The second-order valence-electron chi connectivity index (χ2n) is 4.64. The topological polar surface area (TPSA) is 24.4 Å². The maximum atomic E-state index is 4.50. The van der Waals surface area contributed by atoms with Gasteiger partial charge in [-0.3, -0.25) is 4.99 Å². The monoisotopic (exact) mass is 194 g/mol. The van der Waals surface area contributed by atoms with E-state index in [2.05, 4.69) is 17.2 Å². The summed E-state index contributed by atoms with van der Waals surface area (Å²) in [7, 11) is 0. The van der Waals surface area contributed by atoms with Crippen LogP contribution >= 0.6 is 0 Å². The van der Waals surface area contributed by atoms with Gasteiger partial charge in [-0.05, 0) is 31.6 Å². The van der Waals surface area contributed by atoms with E-state index in [4.69, 9.17) is 0 Å². The van der Waals surface area contributed by atoms with Crippen molar-refractivity contribution in [2.24, 2.45) is 10.9 Å². The van der Waals surface area contributed by atoms with Gasteiger partial charge in [0.2, 0.25) is 0 Å². The lowest BCUT2D eigenvalue weighted by molar-refractivity contribution is 0.389. The minimum atomic E-state index is 0.703. The van der Waals surface area contributed by atoms with Crippen LogP contribution in [0.15, 0.2) is 4.99 Å². The average Bonchev–Trinajstić information content (AvgIpc) is 2.86. The Morgan fingerprint density at radius 2 is 2.14 bits per heavy atom. The lowest BCUT2D eigenvalue weighted by atomic mass is 9.96. The molecule has 2 rings (SSSR count). The van der Waals surface area contributed by atoms with Crippen LogP contribution in [0.2, 0.25) is 0 Å². The molecule has 1 N–H and O–H groups in total. The third-order valence-corrected chi connectivity index (χ3v) is 3.64. The summed E-state index contributed by atoms with van der Waals surface area (Å²) in [4.78, 5) is 4.50. The number of amidine groups is 1. The molecule has 1 aliphatic carbocycles. The first-order valence-electron chi connectivity index (χ1n) is 6.20. The molecule has 0 saturated heterocycles. The van der Waals surface area contributed by atoms with Crippen LogP contribution in [-0.4, -0.2) is 18.4 Å². The van der Waals surface area contributed by atoms with Gasteiger partial charge in [0, 0.05) is 19.0 Å². The summed E-state index contributed by atoms with van der Waals surface area (Å²) in [5.41, 5.74) is 0. The molecule has 1 unspecified atom stereocenters. The molecule has 0 aromatic heterocycles. The van der Waals surface area contributed by atoms with Gasteiger partial charge in [0.15, 0.2) is 0 Å². The van der Waals surface area contributed by atoms with Gasteiger partial charge in [-0.15, -0.1) is 0 Å². The maximum absolute atomic E-state index is 4.50. The normalized spacial score (nSPS) is 25.1. The Morgan fingerprint density at radius 3 is 2.71 bits per heavy atom. The van der Waals surface area contributed by atoms with Crippen LogP contribution in [0.3, 0.4) is 0 Å². The minimum Gasteiger partial charge on any atom is -0.371 e.